The van der Waals surface area contributed by atoms with Crippen LogP contribution in [0.25, 0.3) is 0 Å². The molecule has 0 heterocycles. The molecule has 0 radical (unpaired) electrons. The van der Waals surface area contributed by atoms with Gasteiger partial charge in [0.1, 0.15) is 6.10 Å². The van der Waals surface area contributed by atoms with E-state index in [2.05, 4.69) is 60.7 Å². The molecule has 166 valence electrons. The van der Waals surface area contributed by atoms with E-state index in [1.807, 2.05) is 6.92 Å². The summed E-state index contributed by atoms with van der Waals surface area (Å²) < 4.78 is 5.83. The Balaban J connectivity index is 1.77. The Morgan fingerprint density at radius 3 is 1.90 bits per heavy atom. The van der Waals surface area contributed by atoms with Crippen LogP contribution in [0.3, 0.4) is 0 Å². The van der Waals surface area contributed by atoms with Crippen molar-refractivity contribution < 1.29 is 9.53 Å². The van der Waals surface area contributed by atoms with Crippen LogP contribution in [0, 0.1) is 0 Å². The van der Waals surface area contributed by atoms with Gasteiger partial charge < -0.3 is 4.74 Å². The van der Waals surface area contributed by atoms with E-state index in [1.165, 1.54) is 30.4 Å². The number of hydrogen-bond acceptors (Lipinski definition) is 2. The van der Waals surface area contributed by atoms with Crippen molar-refractivity contribution in [1.29, 1.82) is 0 Å². The van der Waals surface area contributed by atoms with Crippen molar-refractivity contribution in [3.63, 3.8) is 0 Å². The van der Waals surface area contributed by atoms with Crippen molar-refractivity contribution in [3.8, 4) is 0 Å². The van der Waals surface area contributed by atoms with Crippen molar-refractivity contribution >= 4 is 5.97 Å². The molecule has 2 aromatic rings. The maximum atomic E-state index is 12.1. The van der Waals surface area contributed by atoms with Gasteiger partial charge in [-0.25, -0.2) is 0 Å². The lowest BCUT2D eigenvalue weighted by molar-refractivity contribution is -0.149. The summed E-state index contributed by atoms with van der Waals surface area (Å²) in [5, 5.41) is 0. The van der Waals surface area contributed by atoms with Crippen molar-refractivity contribution in [2.24, 2.45) is 0 Å². The number of benzene rings is 2. The SMILES string of the molecule is CCCC(=O)OC1CCCCCC(Cc2ccccc2)=C(Cc2ccccc2)CCC1. The second-order valence-electron chi connectivity index (χ2n) is 8.89. The van der Waals surface area contributed by atoms with Crippen LogP contribution in [0.5, 0.6) is 0 Å². The van der Waals surface area contributed by atoms with Gasteiger partial charge in [-0.2, -0.15) is 0 Å². The predicted molar refractivity (Wildman–Crippen MR) is 129 cm³/mol. The first-order chi connectivity index (χ1) is 15.2. The van der Waals surface area contributed by atoms with E-state index >= 15 is 0 Å². The van der Waals surface area contributed by atoms with E-state index in [-0.39, 0.29) is 12.1 Å². The fourth-order valence-corrected chi connectivity index (χ4v) is 4.61. The Bertz CT molecular complexity index is 807. The second-order valence-corrected chi connectivity index (χ2v) is 8.89. The average molecular weight is 419 g/mol. The van der Waals surface area contributed by atoms with Crippen molar-refractivity contribution in [3.05, 3.63) is 82.9 Å². The highest BCUT2D eigenvalue weighted by molar-refractivity contribution is 5.69. The third-order valence-electron chi connectivity index (χ3n) is 6.28. The first-order valence-electron chi connectivity index (χ1n) is 12.2. The Morgan fingerprint density at radius 2 is 1.32 bits per heavy atom. The Kier molecular flexibility index (Phi) is 9.89. The van der Waals surface area contributed by atoms with E-state index in [0.29, 0.717) is 6.42 Å². The summed E-state index contributed by atoms with van der Waals surface area (Å²) in [4.78, 5) is 12.1. The van der Waals surface area contributed by atoms with Crippen LogP contribution in [0.2, 0.25) is 0 Å². The lowest BCUT2D eigenvalue weighted by Gasteiger charge is -2.19. The zero-order valence-electron chi connectivity index (χ0n) is 19.2. The van der Waals surface area contributed by atoms with E-state index < -0.39 is 0 Å². The molecular weight excluding hydrogens is 380 g/mol. The quantitative estimate of drug-likeness (QED) is 0.341. The van der Waals surface area contributed by atoms with Gasteiger partial charge in [0.2, 0.25) is 0 Å². The maximum absolute atomic E-state index is 12.1. The molecule has 0 saturated heterocycles. The van der Waals surface area contributed by atoms with Crippen LogP contribution in [0.1, 0.15) is 82.3 Å². The van der Waals surface area contributed by atoms with E-state index in [4.69, 9.17) is 4.74 Å². The number of carbonyl (C=O) groups excluding carboxylic acids is 1. The molecule has 0 aliphatic heterocycles. The standard InChI is InChI=1S/C29H38O2/c1-2-13-29(30)31-28-20-11-5-10-18-26(22-24-14-6-3-7-15-24)27(19-12-21-28)23-25-16-8-4-9-17-25/h3-4,6-9,14-17,28H,2,5,10-13,18-23H2,1H3. The number of hydrogen-bond donors (Lipinski definition) is 0. The van der Waals surface area contributed by atoms with Gasteiger partial charge in [-0.05, 0) is 75.3 Å². The molecule has 0 aromatic heterocycles. The molecule has 0 fully saturated rings. The fraction of sp³-hybridized carbons (Fsp3) is 0.483. The summed E-state index contributed by atoms with van der Waals surface area (Å²) in [6.07, 6.45) is 12.5. The molecule has 31 heavy (non-hydrogen) atoms. The fourth-order valence-electron chi connectivity index (χ4n) is 4.61. The third kappa shape index (κ3) is 8.36. The molecule has 0 saturated carbocycles. The number of allylic oxidation sites excluding steroid dienone is 2. The van der Waals surface area contributed by atoms with Gasteiger partial charge in [-0.15, -0.1) is 0 Å². The van der Waals surface area contributed by atoms with Gasteiger partial charge >= 0.3 is 5.97 Å². The van der Waals surface area contributed by atoms with Gasteiger partial charge in [0.05, 0.1) is 0 Å². The van der Waals surface area contributed by atoms with Crippen molar-refractivity contribution in [2.45, 2.75) is 90.1 Å². The summed E-state index contributed by atoms with van der Waals surface area (Å²) >= 11 is 0. The maximum Gasteiger partial charge on any atom is 0.306 e. The first kappa shape index (κ1) is 23.3. The predicted octanol–water partition coefficient (Wildman–Crippen LogP) is 7.61. The van der Waals surface area contributed by atoms with Crippen molar-refractivity contribution in [1.82, 2.24) is 0 Å². The molecule has 1 aliphatic carbocycles. The molecular formula is C29H38O2. The van der Waals surface area contributed by atoms with Crippen molar-refractivity contribution in [2.75, 3.05) is 0 Å². The molecule has 1 unspecified atom stereocenters. The second kappa shape index (κ2) is 13.1. The van der Waals surface area contributed by atoms with E-state index in [9.17, 15) is 4.79 Å². The average Bonchev–Trinajstić information content (AvgIpc) is 2.82. The monoisotopic (exact) mass is 418 g/mol. The molecule has 0 spiro atoms. The van der Waals surface area contributed by atoms with Crippen LogP contribution in [0.15, 0.2) is 71.8 Å². The highest BCUT2D eigenvalue weighted by atomic mass is 16.5. The van der Waals surface area contributed by atoms with Gasteiger partial charge in [0, 0.05) is 6.42 Å². The number of carbonyl (C=O) groups is 1. The first-order valence-corrected chi connectivity index (χ1v) is 12.2. The lowest BCUT2D eigenvalue weighted by Crippen LogP contribution is -2.18. The van der Waals surface area contributed by atoms with Crippen LogP contribution >= 0.6 is 0 Å². The summed E-state index contributed by atoms with van der Waals surface area (Å²) in [5.41, 5.74) is 6.01. The molecule has 1 atom stereocenters. The lowest BCUT2D eigenvalue weighted by atomic mass is 9.89. The summed E-state index contributed by atoms with van der Waals surface area (Å²) in [7, 11) is 0. The molecule has 2 nitrogen and oxygen atoms in total. The molecule has 0 N–H and O–H groups in total. The Hall–Kier alpha value is -2.35. The molecule has 2 heteroatoms. The number of esters is 1. The minimum absolute atomic E-state index is 0.0211. The topological polar surface area (TPSA) is 26.3 Å². The Labute approximate surface area is 188 Å². The largest absolute Gasteiger partial charge is 0.462 e. The van der Waals surface area contributed by atoms with Crippen LogP contribution < -0.4 is 0 Å². The zero-order valence-corrected chi connectivity index (χ0v) is 19.2. The highest BCUT2D eigenvalue weighted by Gasteiger charge is 2.17. The summed E-state index contributed by atoms with van der Waals surface area (Å²) in [6.45, 7) is 2.04. The van der Waals surface area contributed by atoms with Crippen LogP contribution in [-0.2, 0) is 22.4 Å². The molecule has 0 bridgehead atoms. The van der Waals surface area contributed by atoms with Crippen LogP contribution in [0.4, 0.5) is 0 Å². The normalized spacial score (nSPS) is 18.3. The molecule has 3 rings (SSSR count). The molecule has 1 aliphatic rings. The van der Waals surface area contributed by atoms with Crippen LogP contribution in [-0.4, -0.2) is 12.1 Å². The zero-order chi connectivity index (χ0) is 21.7. The number of rotatable bonds is 7. The van der Waals surface area contributed by atoms with E-state index in [0.717, 1.165) is 51.4 Å². The minimum Gasteiger partial charge on any atom is -0.462 e. The van der Waals surface area contributed by atoms with Gasteiger partial charge in [0.25, 0.3) is 0 Å². The molecule has 2 aromatic carbocycles. The van der Waals surface area contributed by atoms with Gasteiger partial charge in [-0.1, -0.05) is 85.2 Å². The molecule has 0 amide bonds. The van der Waals surface area contributed by atoms with Gasteiger partial charge in [-0.3, -0.25) is 4.79 Å². The Morgan fingerprint density at radius 1 is 0.774 bits per heavy atom. The van der Waals surface area contributed by atoms with Gasteiger partial charge in [0.15, 0.2) is 0 Å². The smallest absolute Gasteiger partial charge is 0.306 e. The number of ether oxygens (including phenoxy) is 1. The summed E-state index contributed by atoms with van der Waals surface area (Å²) in [5.74, 6) is -0.0211. The third-order valence-corrected chi connectivity index (χ3v) is 6.28. The summed E-state index contributed by atoms with van der Waals surface area (Å²) in [6, 6.07) is 21.8. The highest BCUT2D eigenvalue weighted by Crippen LogP contribution is 2.28. The minimum atomic E-state index is -0.0211. The van der Waals surface area contributed by atoms with E-state index in [1.54, 1.807) is 11.1 Å².